The maximum atomic E-state index is 12.4. The fourth-order valence-corrected chi connectivity index (χ4v) is 5.58. The fourth-order valence-electron chi connectivity index (χ4n) is 4.04. The molecule has 0 aliphatic heterocycles. The quantitative estimate of drug-likeness (QED) is 0.318. The largest absolute Gasteiger partial charge is 0.473 e. The number of benzene rings is 1. The number of anilines is 1. The number of rotatable bonds is 10. The molecule has 35 heavy (non-hydrogen) atoms. The van der Waals surface area contributed by atoms with Crippen molar-refractivity contribution in [3.63, 3.8) is 0 Å². The van der Waals surface area contributed by atoms with E-state index in [1.54, 1.807) is 38.9 Å². The average molecular weight is 509 g/mol. The number of thioether (sulfide) groups is 1. The second-order valence-corrected chi connectivity index (χ2v) is 9.95. The molecule has 0 bridgehead atoms. The first-order chi connectivity index (χ1) is 17.0. The van der Waals surface area contributed by atoms with Gasteiger partial charge in [0.1, 0.15) is 12.1 Å². The highest BCUT2D eigenvalue weighted by molar-refractivity contribution is 7.98. The number of para-hydroxylation sites is 1. The number of nitrogens with one attached hydrogen (secondary N) is 2. The molecule has 0 saturated carbocycles. The van der Waals surface area contributed by atoms with Crippen LogP contribution in [-0.2, 0) is 0 Å². The lowest BCUT2D eigenvalue weighted by Crippen LogP contribution is -2.23. The molecule has 2 N–H and O–H groups in total. The molecule has 0 aliphatic carbocycles. The molecule has 3 heterocycles. The lowest BCUT2D eigenvalue weighted by Gasteiger charge is -2.25. The highest BCUT2D eigenvalue weighted by atomic mass is 32.2. The van der Waals surface area contributed by atoms with Gasteiger partial charge in [-0.15, -0.1) is 0 Å². The Bertz CT molecular complexity index is 1310. The van der Waals surface area contributed by atoms with Gasteiger partial charge in [-0.25, -0.2) is 15.0 Å². The van der Waals surface area contributed by atoms with Gasteiger partial charge in [-0.1, -0.05) is 36.5 Å². The summed E-state index contributed by atoms with van der Waals surface area (Å²) in [7, 11) is 3.25. The first-order valence-electron chi connectivity index (χ1n) is 11.2. The number of carbonyl (C=O) groups excluding carboxylic acids is 1. The third-order valence-corrected chi connectivity index (χ3v) is 7.72. The molecule has 0 spiro atoms. The van der Waals surface area contributed by atoms with Crippen LogP contribution in [0.25, 0.3) is 21.5 Å². The number of fused-ring (bicyclic) bond motifs is 1. The summed E-state index contributed by atoms with van der Waals surface area (Å²) in [5.41, 5.74) is 3.45. The Morgan fingerprint density at radius 2 is 2.06 bits per heavy atom. The topological polar surface area (TPSA) is 102 Å². The van der Waals surface area contributed by atoms with Gasteiger partial charge in [-0.3, -0.25) is 9.78 Å². The second kappa shape index (κ2) is 11.5. The number of amides is 1. The lowest BCUT2D eigenvalue weighted by molar-refractivity contribution is 0.0964. The van der Waals surface area contributed by atoms with Gasteiger partial charge < -0.3 is 15.4 Å². The molecule has 0 saturated heterocycles. The Balaban J connectivity index is 1.56. The number of pyridine rings is 1. The zero-order chi connectivity index (χ0) is 24.8. The Hall–Kier alpha value is -3.24. The summed E-state index contributed by atoms with van der Waals surface area (Å²) in [6.07, 6.45) is 7.15. The molecule has 8 nitrogen and oxygen atoms in total. The number of thiazole rings is 1. The molecule has 1 aromatic carbocycles. The number of methoxy groups -OCH3 is 1. The van der Waals surface area contributed by atoms with E-state index in [4.69, 9.17) is 4.74 Å². The molecular formula is C25H28N6O2S2. The van der Waals surface area contributed by atoms with Crippen LogP contribution in [0, 0.1) is 5.92 Å². The van der Waals surface area contributed by atoms with Crippen LogP contribution in [0.4, 0.5) is 5.82 Å². The Kier molecular flexibility index (Phi) is 8.14. The minimum Gasteiger partial charge on any atom is -0.473 e. The smallest absolute Gasteiger partial charge is 0.273 e. The van der Waals surface area contributed by atoms with E-state index in [-0.39, 0.29) is 11.8 Å². The molecule has 0 radical (unpaired) electrons. The van der Waals surface area contributed by atoms with Gasteiger partial charge in [-0.2, -0.15) is 11.8 Å². The first-order valence-corrected chi connectivity index (χ1v) is 13.4. The maximum absolute atomic E-state index is 12.4. The van der Waals surface area contributed by atoms with E-state index in [1.807, 2.05) is 30.0 Å². The highest BCUT2D eigenvalue weighted by Gasteiger charge is 2.22. The summed E-state index contributed by atoms with van der Waals surface area (Å²) in [6.45, 7) is 2.95. The van der Waals surface area contributed by atoms with Crippen LogP contribution in [0.1, 0.15) is 28.8 Å². The van der Waals surface area contributed by atoms with Crippen LogP contribution >= 0.6 is 23.1 Å². The molecule has 182 valence electrons. The van der Waals surface area contributed by atoms with E-state index < -0.39 is 0 Å². The van der Waals surface area contributed by atoms with Gasteiger partial charge >= 0.3 is 0 Å². The van der Waals surface area contributed by atoms with Crippen molar-refractivity contribution in [2.75, 3.05) is 38.0 Å². The third-order valence-electron chi connectivity index (χ3n) is 5.98. The number of ether oxygens (including phenoxy) is 1. The first kappa shape index (κ1) is 24.9. The van der Waals surface area contributed by atoms with E-state index in [9.17, 15) is 4.79 Å². The van der Waals surface area contributed by atoms with Crippen molar-refractivity contribution in [2.45, 2.75) is 12.8 Å². The van der Waals surface area contributed by atoms with Gasteiger partial charge in [0.25, 0.3) is 11.1 Å². The molecule has 3 aromatic heterocycles. The molecule has 0 aliphatic rings. The van der Waals surface area contributed by atoms with Crippen molar-refractivity contribution in [3.05, 3.63) is 60.2 Å². The van der Waals surface area contributed by atoms with Gasteiger partial charge in [0, 0.05) is 31.2 Å². The minimum atomic E-state index is -0.109. The zero-order valence-electron chi connectivity index (χ0n) is 20.1. The minimum absolute atomic E-state index is 0.109. The average Bonchev–Trinajstić information content (AvgIpc) is 3.39. The Morgan fingerprint density at radius 1 is 1.20 bits per heavy atom. The van der Waals surface area contributed by atoms with Crippen molar-refractivity contribution in [3.8, 4) is 15.8 Å². The van der Waals surface area contributed by atoms with Gasteiger partial charge in [0.05, 0.1) is 35.0 Å². The van der Waals surface area contributed by atoms with Crippen molar-refractivity contribution in [2.24, 2.45) is 5.92 Å². The molecule has 10 heteroatoms. The van der Waals surface area contributed by atoms with E-state index in [2.05, 4.69) is 49.8 Å². The summed E-state index contributed by atoms with van der Waals surface area (Å²) < 4.78 is 5.20. The van der Waals surface area contributed by atoms with Crippen LogP contribution in [0.3, 0.4) is 0 Å². The van der Waals surface area contributed by atoms with Crippen molar-refractivity contribution in [1.29, 1.82) is 0 Å². The lowest BCUT2D eigenvalue weighted by atomic mass is 9.86. The number of nitrogens with zero attached hydrogens (tertiary/aromatic N) is 4. The van der Waals surface area contributed by atoms with Crippen LogP contribution in [0.5, 0.6) is 5.19 Å². The predicted molar refractivity (Wildman–Crippen MR) is 144 cm³/mol. The van der Waals surface area contributed by atoms with Crippen LogP contribution < -0.4 is 15.4 Å². The third kappa shape index (κ3) is 5.54. The van der Waals surface area contributed by atoms with Crippen LogP contribution in [0.2, 0.25) is 0 Å². The molecule has 2 atom stereocenters. The number of carbonyl (C=O) groups is 1. The van der Waals surface area contributed by atoms with Gasteiger partial charge in [0.15, 0.2) is 0 Å². The maximum Gasteiger partial charge on any atom is 0.273 e. The van der Waals surface area contributed by atoms with E-state index in [0.29, 0.717) is 16.7 Å². The number of hydrogen-bond acceptors (Lipinski definition) is 9. The van der Waals surface area contributed by atoms with Crippen molar-refractivity contribution < 1.29 is 9.53 Å². The molecule has 0 fully saturated rings. The van der Waals surface area contributed by atoms with Gasteiger partial charge in [0.2, 0.25) is 0 Å². The Labute approximate surface area is 213 Å². The highest BCUT2D eigenvalue weighted by Crippen LogP contribution is 2.33. The van der Waals surface area contributed by atoms with Crippen molar-refractivity contribution in [1.82, 2.24) is 25.3 Å². The standard InChI is InChI=1S/C25H28N6O2S2/c1-15(17-6-5-7-18-19(24(32)26-2)8-9-27-23(17)18)16(13-34-4)11-28-22-10-20(30-14-31-22)21-12-29-25(33-3)35-21/h5-10,12,14-16H,11,13H2,1-4H3,(H,26,32)(H,28,30,31). The van der Waals surface area contributed by atoms with E-state index >= 15 is 0 Å². The summed E-state index contributed by atoms with van der Waals surface area (Å²) in [5.74, 6) is 2.13. The van der Waals surface area contributed by atoms with Crippen LogP contribution in [-0.4, -0.2) is 58.6 Å². The molecule has 4 aromatic rings. The van der Waals surface area contributed by atoms with Crippen LogP contribution in [0.15, 0.2) is 49.1 Å². The zero-order valence-corrected chi connectivity index (χ0v) is 21.7. The monoisotopic (exact) mass is 508 g/mol. The fraction of sp³-hybridized carbons (Fsp3) is 0.320. The molecule has 4 rings (SSSR count). The number of aromatic nitrogens is 4. The second-order valence-electron chi connectivity index (χ2n) is 8.05. The van der Waals surface area contributed by atoms with Crippen molar-refractivity contribution >= 4 is 45.7 Å². The molecular weight excluding hydrogens is 480 g/mol. The Morgan fingerprint density at radius 3 is 2.80 bits per heavy atom. The normalized spacial score (nSPS) is 12.8. The predicted octanol–water partition coefficient (Wildman–Crippen LogP) is 4.71. The molecule has 1 amide bonds. The van der Waals surface area contributed by atoms with Gasteiger partial charge in [-0.05, 0) is 35.5 Å². The summed E-state index contributed by atoms with van der Waals surface area (Å²) in [6, 6.07) is 9.78. The number of hydrogen-bond donors (Lipinski definition) is 2. The summed E-state index contributed by atoms with van der Waals surface area (Å²) in [4.78, 5) is 31.0. The summed E-state index contributed by atoms with van der Waals surface area (Å²) >= 11 is 3.26. The summed E-state index contributed by atoms with van der Waals surface area (Å²) in [5, 5.41) is 7.69. The van der Waals surface area contributed by atoms with E-state index in [1.165, 1.54) is 11.3 Å². The molecule has 2 unspecified atom stereocenters. The SMILES string of the molecule is CNC(=O)c1ccnc2c(C(C)C(CNc3cc(-c4cnc(OC)s4)ncn3)CSC)cccc12. The van der Waals surface area contributed by atoms with E-state index in [0.717, 1.165) is 45.2 Å².